The SMILES string of the molecule is Cc1nnc(CN=C(NC2CCCCC2)N2CCC(COCc3ccccc3)C2)n1C. The Morgan fingerprint density at radius 3 is 2.68 bits per heavy atom. The van der Waals surface area contributed by atoms with Crippen molar-refractivity contribution >= 4 is 5.96 Å². The van der Waals surface area contributed by atoms with Gasteiger partial charge in [0, 0.05) is 32.1 Å². The molecule has 1 atom stereocenters. The Labute approximate surface area is 185 Å². The van der Waals surface area contributed by atoms with Crippen molar-refractivity contribution in [2.75, 3.05) is 19.7 Å². The van der Waals surface area contributed by atoms with Gasteiger partial charge in [-0.25, -0.2) is 4.99 Å². The lowest BCUT2D eigenvalue weighted by Crippen LogP contribution is -2.46. The number of aliphatic imine (C=N–C) groups is 1. The molecule has 1 aromatic heterocycles. The van der Waals surface area contributed by atoms with Crippen LogP contribution in [0.4, 0.5) is 0 Å². The minimum absolute atomic E-state index is 0.530. The normalized spacial score (nSPS) is 20.4. The van der Waals surface area contributed by atoms with Crippen LogP contribution in [0.15, 0.2) is 35.3 Å². The number of aromatic nitrogens is 3. The lowest BCUT2D eigenvalue weighted by molar-refractivity contribution is 0.0906. The number of rotatable bonds is 7. The maximum Gasteiger partial charge on any atom is 0.194 e. The molecule has 0 bridgehead atoms. The summed E-state index contributed by atoms with van der Waals surface area (Å²) in [5.74, 6) is 3.39. The Morgan fingerprint density at radius 1 is 1.13 bits per heavy atom. The van der Waals surface area contributed by atoms with Crippen molar-refractivity contribution in [3.8, 4) is 0 Å². The molecule has 2 aromatic rings. The van der Waals surface area contributed by atoms with E-state index in [1.54, 1.807) is 0 Å². The molecule has 7 heteroatoms. The van der Waals surface area contributed by atoms with Crippen molar-refractivity contribution in [1.29, 1.82) is 0 Å². The van der Waals surface area contributed by atoms with Gasteiger partial charge >= 0.3 is 0 Å². The average Bonchev–Trinajstić information content (AvgIpc) is 3.40. The zero-order valence-electron chi connectivity index (χ0n) is 19.0. The van der Waals surface area contributed by atoms with Crippen LogP contribution in [0.1, 0.15) is 55.7 Å². The maximum atomic E-state index is 6.02. The van der Waals surface area contributed by atoms with Crippen LogP contribution in [0.3, 0.4) is 0 Å². The number of nitrogens with zero attached hydrogens (tertiary/aromatic N) is 5. The first kappa shape index (κ1) is 21.8. The molecule has 0 amide bonds. The van der Waals surface area contributed by atoms with Crippen molar-refractivity contribution in [3.63, 3.8) is 0 Å². The molecule has 1 aromatic carbocycles. The number of benzene rings is 1. The van der Waals surface area contributed by atoms with Gasteiger partial charge in [-0.1, -0.05) is 49.6 Å². The fourth-order valence-corrected chi connectivity index (χ4v) is 4.48. The van der Waals surface area contributed by atoms with E-state index in [1.807, 2.05) is 24.6 Å². The number of likely N-dealkylation sites (tertiary alicyclic amines) is 1. The lowest BCUT2D eigenvalue weighted by Gasteiger charge is -2.29. The van der Waals surface area contributed by atoms with E-state index in [0.717, 1.165) is 43.7 Å². The highest BCUT2D eigenvalue weighted by atomic mass is 16.5. The van der Waals surface area contributed by atoms with Gasteiger partial charge in [0.15, 0.2) is 11.8 Å². The van der Waals surface area contributed by atoms with Gasteiger partial charge in [-0.05, 0) is 31.7 Å². The fourth-order valence-electron chi connectivity index (χ4n) is 4.48. The average molecular weight is 425 g/mol. The number of hydrogen-bond acceptors (Lipinski definition) is 4. The maximum absolute atomic E-state index is 6.02. The molecule has 4 rings (SSSR count). The van der Waals surface area contributed by atoms with Gasteiger partial charge in [0.05, 0.1) is 13.2 Å². The van der Waals surface area contributed by atoms with E-state index in [-0.39, 0.29) is 0 Å². The zero-order chi connectivity index (χ0) is 21.5. The van der Waals surface area contributed by atoms with Crippen LogP contribution >= 0.6 is 0 Å². The van der Waals surface area contributed by atoms with Crippen molar-refractivity contribution < 1.29 is 4.74 Å². The van der Waals surface area contributed by atoms with Crippen LogP contribution in [-0.2, 0) is 24.9 Å². The Balaban J connectivity index is 1.35. The lowest BCUT2D eigenvalue weighted by atomic mass is 9.96. The van der Waals surface area contributed by atoms with Gasteiger partial charge in [0.25, 0.3) is 0 Å². The van der Waals surface area contributed by atoms with Crippen LogP contribution in [0.5, 0.6) is 0 Å². The van der Waals surface area contributed by atoms with E-state index >= 15 is 0 Å². The summed E-state index contributed by atoms with van der Waals surface area (Å²) in [6.45, 7) is 6.02. The minimum Gasteiger partial charge on any atom is -0.376 e. The number of guanidine groups is 1. The van der Waals surface area contributed by atoms with E-state index in [1.165, 1.54) is 37.7 Å². The molecule has 2 fully saturated rings. The molecule has 7 nitrogen and oxygen atoms in total. The first-order valence-corrected chi connectivity index (χ1v) is 11.7. The predicted molar refractivity (Wildman–Crippen MR) is 123 cm³/mol. The number of aryl methyl sites for hydroxylation is 1. The summed E-state index contributed by atoms with van der Waals surface area (Å²) in [5.41, 5.74) is 1.23. The summed E-state index contributed by atoms with van der Waals surface area (Å²) in [6.07, 6.45) is 7.59. The summed E-state index contributed by atoms with van der Waals surface area (Å²) in [6, 6.07) is 10.9. The van der Waals surface area contributed by atoms with Crippen molar-refractivity contribution in [3.05, 3.63) is 47.5 Å². The Kier molecular flexibility index (Phi) is 7.57. The van der Waals surface area contributed by atoms with Gasteiger partial charge in [0.1, 0.15) is 12.4 Å². The zero-order valence-corrected chi connectivity index (χ0v) is 19.0. The third-order valence-corrected chi connectivity index (χ3v) is 6.54. The molecule has 1 saturated carbocycles. The van der Waals surface area contributed by atoms with E-state index in [2.05, 4.69) is 44.7 Å². The molecule has 0 spiro atoms. The summed E-state index contributed by atoms with van der Waals surface area (Å²) in [5, 5.41) is 12.2. The molecule has 31 heavy (non-hydrogen) atoms. The van der Waals surface area contributed by atoms with E-state index < -0.39 is 0 Å². The van der Waals surface area contributed by atoms with E-state index in [9.17, 15) is 0 Å². The highest BCUT2D eigenvalue weighted by Crippen LogP contribution is 2.21. The largest absolute Gasteiger partial charge is 0.376 e. The van der Waals surface area contributed by atoms with Crippen molar-refractivity contribution in [1.82, 2.24) is 25.0 Å². The van der Waals surface area contributed by atoms with Crippen molar-refractivity contribution in [2.45, 2.75) is 64.6 Å². The van der Waals surface area contributed by atoms with Crippen LogP contribution in [0.25, 0.3) is 0 Å². The standard InChI is InChI=1S/C24H36N6O/c1-19-27-28-23(29(19)2)15-25-24(26-22-11-7-4-8-12-22)30-14-13-21(16-30)18-31-17-20-9-5-3-6-10-20/h3,5-6,9-10,21-22H,4,7-8,11-18H2,1-2H3,(H,25,26). The van der Waals surface area contributed by atoms with Gasteiger partial charge in [0.2, 0.25) is 0 Å². The molecule has 2 aliphatic rings. The monoisotopic (exact) mass is 424 g/mol. The highest BCUT2D eigenvalue weighted by molar-refractivity contribution is 5.80. The quantitative estimate of drug-likeness (QED) is 0.545. The minimum atomic E-state index is 0.530. The predicted octanol–water partition coefficient (Wildman–Crippen LogP) is 3.44. The second-order valence-corrected chi connectivity index (χ2v) is 8.94. The molecule has 168 valence electrons. The fraction of sp³-hybridized carbons (Fsp3) is 0.625. The molecule has 1 unspecified atom stereocenters. The van der Waals surface area contributed by atoms with Crippen LogP contribution in [0.2, 0.25) is 0 Å². The van der Waals surface area contributed by atoms with Crippen LogP contribution in [0, 0.1) is 12.8 Å². The summed E-state index contributed by atoms with van der Waals surface area (Å²) < 4.78 is 8.04. The summed E-state index contributed by atoms with van der Waals surface area (Å²) >= 11 is 0. The number of hydrogen-bond donors (Lipinski definition) is 1. The second-order valence-electron chi connectivity index (χ2n) is 8.94. The molecular formula is C24H36N6O. The molecule has 1 aliphatic heterocycles. The second kappa shape index (κ2) is 10.8. The number of nitrogens with one attached hydrogen (secondary N) is 1. The number of ether oxygens (including phenoxy) is 1. The first-order valence-electron chi connectivity index (χ1n) is 11.7. The molecule has 1 saturated heterocycles. The van der Waals surface area contributed by atoms with Crippen LogP contribution in [-0.4, -0.2) is 51.4 Å². The topological polar surface area (TPSA) is 67.6 Å². The van der Waals surface area contributed by atoms with Gasteiger partial charge in [-0.3, -0.25) is 0 Å². The molecule has 1 aliphatic carbocycles. The Bertz CT molecular complexity index is 843. The molecule has 1 N–H and O–H groups in total. The summed E-state index contributed by atoms with van der Waals surface area (Å²) in [4.78, 5) is 7.38. The van der Waals surface area contributed by atoms with Gasteiger partial charge in [-0.2, -0.15) is 0 Å². The van der Waals surface area contributed by atoms with Crippen molar-refractivity contribution in [2.24, 2.45) is 18.0 Å². The summed E-state index contributed by atoms with van der Waals surface area (Å²) in [7, 11) is 2.00. The highest BCUT2D eigenvalue weighted by Gasteiger charge is 2.27. The third kappa shape index (κ3) is 6.06. The van der Waals surface area contributed by atoms with Gasteiger partial charge in [-0.15, -0.1) is 10.2 Å². The Hall–Kier alpha value is -2.41. The first-order chi connectivity index (χ1) is 15.2. The van der Waals surface area contributed by atoms with Crippen LogP contribution < -0.4 is 5.32 Å². The van der Waals surface area contributed by atoms with Gasteiger partial charge < -0.3 is 19.5 Å². The third-order valence-electron chi connectivity index (χ3n) is 6.54. The van der Waals surface area contributed by atoms with E-state index in [0.29, 0.717) is 25.1 Å². The molecular weight excluding hydrogens is 388 g/mol. The smallest absolute Gasteiger partial charge is 0.194 e. The Morgan fingerprint density at radius 2 is 1.94 bits per heavy atom. The van der Waals surface area contributed by atoms with E-state index in [4.69, 9.17) is 9.73 Å². The molecule has 0 radical (unpaired) electrons. The molecule has 2 heterocycles.